The zero-order valence-electron chi connectivity index (χ0n) is 35.1. The fraction of sp³-hybridized carbons (Fsp3) is 0.444. The number of anilines is 7. The van der Waals surface area contributed by atoms with Crippen LogP contribution in [0.1, 0.15) is 116 Å². The molecule has 292 valence electrons. The molecule has 0 spiro atoms. The van der Waals surface area contributed by atoms with Gasteiger partial charge in [-0.25, -0.2) is 0 Å². The molecule has 8 atom stereocenters. The van der Waals surface area contributed by atoms with Crippen molar-refractivity contribution in [2.75, 3.05) is 14.7 Å². The first kappa shape index (κ1) is 34.4. The zero-order valence-corrected chi connectivity index (χ0v) is 35.1. The number of fused-ring (bicyclic) bond motifs is 12. The first-order valence-electron chi connectivity index (χ1n) is 23.2. The highest BCUT2D eigenvalue weighted by molar-refractivity contribution is 7.00. The molecule has 0 saturated heterocycles. The number of hydrogen-bond donors (Lipinski definition) is 0. The van der Waals surface area contributed by atoms with Gasteiger partial charge in [0, 0.05) is 45.0 Å². The molecule has 0 bridgehead atoms. The third kappa shape index (κ3) is 4.09. The van der Waals surface area contributed by atoms with Gasteiger partial charge >= 0.3 is 0 Å². The van der Waals surface area contributed by atoms with Crippen LogP contribution in [0.25, 0.3) is 0 Å². The maximum Gasteiger partial charge on any atom is 0.252 e. The van der Waals surface area contributed by atoms with Gasteiger partial charge in [0.1, 0.15) is 0 Å². The first-order valence-corrected chi connectivity index (χ1v) is 23.2. The van der Waals surface area contributed by atoms with E-state index in [0.29, 0.717) is 0 Å². The molecule has 0 N–H and O–H groups in total. The summed E-state index contributed by atoms with van der Waals surface area (Å²) in [6, 6.07) is 42.8. The van der Waals surface area contributed by atoms with Gasteiger partial charge in [-0.05, 0) is 127 Å². The zero-order chi connectivity index (χ0) is 38.8. The summed E-state index contributed by atoms with van der Waals surface area (Å²) < 4.78 is 0. The van der Waals surface area contributed by atoms with Crippen molar-refractivity contribution in [3.8, 4) is 0 Å². The monoisotopic (exact) mass is 759 g/mol. The maximum atomic E-state index is 2.99. The van der Waals surface area contributed by atoms with Gasteiger partial charge in [-0.2, -0.15) is 0 Å². The Balaban J connectivity index is 1.13. The second-order valence-electron chi connectivity index (χ2n) is 21.1. The van der Waals surface area contributed by atoms with Crippen LogP contribution >= 0.6 is 0 Å². The summed E-state index contributed by atoms with van der Waals surface area (Å²) in [6.45, 7) is 11.0. The molecule has 4 aliphatic heterocycles. The number of hydrogen-bond acceptors (Lipinski definition) is 3. The molecule has 13 rings (SSSR count). The molecule has 4 saturated carbocycles. The Morgan fingerprint density at radius 2 is 0.897 bits per heavy atom. The van der Waals surface area contributed by atoms with E-state index in [1.807, 2.05) is 0 Å². The van der Waals surface area contributed by atoms with E-state index in [9.17, 15) is 0 Å². The lowest BCUT2D eigenvalue weighted by atomic mass is 9.33. The van der Waals surface area contributed by atoms with Crippen molar-refractivity contribution >= 4 is 62.9 Å². The molecule has 4 aliphatic carbocycles. The Morgan fingerprint density at radius 1 is 0.483 bits per heavy atom. The highest BCUT2D eigenvalue weighted by Gasteiger charge is 2.67. The van der Waals surface area contributed by atoms with Crippen molar-refractivity contribution in [3.05, 3.63) is 120 Å². The summed E-state index contributed by atoms with van der Waals surface area (Å²) in [4.78, 5) is 8.53. The molecule has 4 heteroatoms. The fourth-order valence-corrected chi connectivity index (χ4v) is 15.8. The molecule has 4 fully saturated rings. The fourth-order valence-electron chi connectivity index (χ4n) is 15.8. The smallest absolute Gasteiger partial charge is 0.252 e. The van der Waals surface area contributed by atoms with Gasteiger partial charge in [0.25, 0.3) is 6.71 Å². The van der Waals surface area contributed by atoms with Crippen LogP contribution in [0.15, 0.2) is 109 Å². The minimum absolute atomic E-state index is 0.0165. The highest BCUT2D eigenvalue weighted by atomic mass is 15.3. The van der Waals surface area contributed by atoms with E-state index < -0.39 is 0 Å². The predicted molar refractivity (Wildman–Crippen MR) is 244 cm³/mol. The SMILES string of the molecule is CC12CC3CCCCC3CC1(C)N1c3cc(N(c4ccccc4)c4ccccc4)cc4c3B(c3cccc2c31)c1cccc2c1N4C1(C)CC3CCCCC3CC21C. The second kappa shape index (κ2) is 11.6. The molecule has 0 aromatic heterocycles. The summed E-state index contributed by atoms with van der Waals surface area (Å²) in [5, 5.41) is 0. The second-order valence-corrected chi connectivity index (χ2v) is 21.1. The van der Waals surface area contributed by atoms with Crippen LogP contribution in [-0.4, -0.2) is 17.8 Å². The molecule has 58 heavy (non-hydrogen) atoms. The highest BCUT2D eigenvalue weighted by Crippen LogP contribution is 2.68. The van der Waals surface area contributed by atoms with Crippen molar-refractivity contribution in [2.24, 2.45) is 23.7 Å². The van der Waals surface area contributed by atoms with Gasteiger partial charge in [0.05, 0.1) is 16.8 Å². The van der Waals surface area contributed by atoms with E-state index in [2.05, 4.69) is 152 Å². The summed E-state index contributed by atoms with van der Waals surface area (Å²) in [5.74, 6) is 3.28. The molecule has 3 nitrogen and oxygen atoms in total. The summed E-state index contributed by atoms with van der Waals surface area (Å²) >= 11 is 0. The number of nitrogens with zero attached hydrogens (tertiary/aromatic N) is 3. The van der Waals surface area contributed by atoms with Crippen LogP contribution in [0, 0.1) is 23.7 Å². The molecular formula is C54H58BN3. The van der Waals surface area contributed by atoms with Crippen molar-refractivity contribution in [1.82, 2.24) is 0 Å². The quantitative estimate of drug-likeness (QED) is 0.170. The predicted octanol–water partition coefficient (Wildman–Crippen LogP) is 11.8. The Kier molecular flexibility index (Phi) is 6.91. The minimum atomic E-state index is -0.0165. The summed E-state index contributed by atoms with van der Waals surface area (Å²) in [5.41, 5.74) is 17.7. The number of para-hydroxylation sites is 4. The van der Waals surface area contributed by atoms with Crippen LogP contribution in [0.3, 0.4) is 0 Å². The molecule has 0 radical (unpaired) electrons. The third-order valence-corrected chi connectivity index (χ3v) is 18.7. The minimum Gasteiger partial charge on any atom is -0.335 e. The maximum absolute atomic E-state index is 2.99. The number of rotatable bonds is 3. The summed E-state index contributed by atoms with van der Waals surface area (Å²) in [6.07, 6.45) is 16.4. The van der Waals surface area contributed by atoms with Crippen LogP contribution in [0.4, 0.5) is 39.8 Å². The van der Waals surface area contributed by atoms with Crippen molar-refractivity contribution < 1.29 is 0 Å². The standard InChI is InChI=1S/C54H58BN3/c1-51-31-35-17-11-13-19-37(35)33-53(51,3)57-46-29-41(56(39-21-7-5-8-22-39)40-23-9-6-10-24-40)30-47-48(46)55(44-27-15-25-42(51)49(44)57)45-28-16-26-43-50(45)58(47)54(4)34-38-20-14-12-18-36(38)32-52(43,54)2/h5-10,15-16,21-30,35-38H,11-14,17-20,31-34H2,1-4H3. The molecule has 8 aliphatic rings. The van der Waals surface area contributed by atoms with Crippen LogP contribution in [-0.2, 0) is 10.8 Å². The van der Waals surface area contributed by atoms with E-state index in [1.165, 1.54) is 105 Å². The lowest BCUT2D eigenvalue weighted by Gasteiger charge is -2.58. The Labute approximate surface area is 346 Å². The first-order chi connectivity index (χ1) is 28.2. The molecule has 5 aromatic rings. The molecular weight excluding hydrogens is 701 g/mol. The number of benzene rings is 5. The van der Waals surface area contributed by atoms with Crippen molar-refractivity contribution in [3.63, 3.8) is 0 Å². The lowest BCUT2D eigenvalue weighted by Crippen LogP contribution is -2.67. The van der Waals surface area contributed by atoms with Crippen LogP contribution < -0.4 is 31.1 Å². The van der Waals surface area contributed by atoms with Gasteiger partial charge in [-0.3, -0.25) is 0 Å². The Morgan fingerprint density at radius 3 is 1.33 bits per heavy atom. The van der Waals surface area contributed by atoms with Crippen LogP contribution in [0.2, 0.25) is 0 Å². The lowest BCUT2D eigenvalue weighted by molar-refractivity contribution is 0.0577. The molecule has 5 aromatic carbocycles. The van der Waals surface area contributed by atoms with Crippen molar-refractivity contribution in [1.29, 1.82) is 0 Å². The van der Waals surface area contributed by atoms with Crippen molar-refractivity contribution in [2.45, 2.75) is 127 Å². The topological polar surface area (TPSA) is 9.72 Å². The van der Waals surface area contributed by atoms with E-state index in [1.54, 1.807) is 38.9 Å². The Bertz CT molecular complexity index is 2350. The third-order valence-electron chi connectivity index (χ3n) is 18.7. The largest absolute Gasteiger partial charge is 0.335 e. The molecule has 4 heterocycles. The molecule has 0 amide bonds. The Hall–Kier alpha value is -4.44. The van der Waals surface area contributed by atoms with E-state index in [0.717, 1.165) is 23.7 Å². The normalized spacial score (nSPS) is 34.2. The van der Waals surface area contributed by atoms with E-state index in [4.69, 9.17) is 0 Å². The molecule has 8 unspecified atom stereocenters. The van der Waals surface area contributed by atoms with E-state index >= 15 is 0 Å². The average molecular weight is 760 g/mol. The summed E-state index contributed by atoms with van der Waals surface area (Å²) in [7, 11) is 0. The van der Waals surface area contributed by atoms with Crippen LogP contribution in [0.5, 0.6) is 0 Å². The average Bonchev–Trinajstić information content (AvgIpc) is 3.57. The van der Waals surface area contributed by atoms with Gasteiger partial charge in [0.2, 0.25) is 0 Å². The van der Waals surface area contributed by atoms with Gasteiger partial charge in [0.15, 0.2) is 0 Å². The van der Waals surface area contributed by atoms with Gasteiger partial charge in [-0.1, -0.05) is 138 Å². The van der Waals surface area contributed by atoms with E-state index in [-0.39, 0.29) is 28.6 Å². The van der Waals surface area contributed by atoms with Gasteiger partial charge < -0.3 is 14.7 Å². The van der Waals surface area contributed by atoms with Gasteiger partial charge in [-0.15, -0.1) is 0 Å².